The van der Waals surface area contributed by atoms with Crippen LogP contribution in [0.2, 0.25) is 0 Å². The molecule has 1 atom stereocenters. The molecule has 0 aliphatic heterocycles. The Morgan fingerprint density at radius 1 is 1.00 bits per heavy atom. The standard InChI is InChI=1S/C19H24N2O2/c1-13(2)15-8-10-16(11-9-15)20-14(3)19(22)21-17-6-5-7-18(12-17)23-4/h5-14,20H,1-4H3,(H,21,22)/t14-/m0/s1. The van der Waals surface area contributed by atoms with E-state index in [0.717, 1.165) is 11.4 Å². The molecule has 1 amide bonds. The lowest BCUT2D eigenvalue weighted by atomic mass is 10.0. The fraction of sp³-hybridized carbons (Fsp3) is 0.316. The first-order valence-electron chi connectivity index (χ1n) is 7.81. The zero-order valence-corrected chi connectivity index (χ0v) is 14.1. The van der Waals surface area contributed by atoms with Gasteiger partial charge in [-0.2, -0.15) is 0 Å². The van der Waals surface area contributed by atoms with Gasteiger partial charge in [-0.15, -0.1) is 0 Å². The lowest BCUT2D eigenvalue weighted by Gasteiger charge is -2.16. The number of anilines is 2. The first kappa shape index (κ1) is 16.9. The molecule has 0 radical (unpaired) electrons. The van der Waals surface area contributed by atoms with E-state index in [9.17, 15) is 4.79 Å². The highest BCUT2D eigenvalue weighted by Crippen LogP contribution is 2.19. The van der Waals surface area contributed by atoms with Crippen LogP contribution in [0, 0.1) is 0 Å². The third-order valence-electron chi connectivity index (χ3n) is 3.69. The van der Waals surface area contributed by atoms with Gasteiger partial charge in [0.1, 0.15) is 11.8 Å². The molecule has 0 heterocycles. The molecular weight excluding hydrogens is 288 g/mol. The summed E-state index contributed by atoms with van der Waals surface area (Å²) in [7, 11) is 1.60. The van der Waals surface area contributed by atoms with Crippen LogP contribution in [-0.4, -0.2) is 19.1 Å². The number of benzene rings is 2. The highest BCUT2D eigenvalue weighted by Gasteiger charge is 2.13. The molecule has 0 fully saturated rings. The summed E-state index contributed by atoms with van der Waals surface area (Å²) in [6.45, 7) is 6.16. The van der Waals surface area contributed by atoms with Gasteiger partial charge in [-0.05, 0) is 42.7 Å². The van der Waals surface area contributed by atoms with Gasteiger partial charge in [-0.3, -0.25) is 4.79 Å². The van der Waals surface area contributed by atoms with Crippen molar-refractivity contribution in [3.8, 4) is 5.75 Å². The SMILES string of the molecule is COc1cccc(NC(=O)[C@H](C)Nc2ccc(C(C)C)cc2)c1. The summed E-state index contributed by atoms with van der Waals surface area (Å²) >= 11 is 0. The van der Waals surface area contributed by atoms with Crippen LogP contribution in [-0.2, 0) is 4.79 Å². The van der Waals surface area contributed by atoms with Crippen molar-refractivity contribution in [1.29, 1.82) is 0 Å². The lowest BCUT2D eigenvalue weighted by Crippen LogP contribution is -2.31. The minimum Gasteiger partial charge on any atom is -0.497 e. The summed E-state index contributed by atoms with van der Waals surface area (Å²) in [6, 6.07) is 15.2. The van der Waals surface area contributed by atoms with Crippen LogP contribution in [0.5, 0.6) is 5.75 Å². The van der Waals surface area contributed by atoms with E-state index in [-0.39, 0.29) is 11.9 Å². The molecule has 0 aliphatic rings. The Morgan fingerprint density at radius 2 is 1.70 bits per heavy atom. The van der Waals surface area contributed by atoms with Crippen LogP contribution < -0.4 is 15.4 Å². The maximum Gasteiger partial charge on any atom is 0.246 e. The van der Waals surface area contributed by atoms with E-state index < -0.39 is 0 Å². The van der Waals surface area contributed by atoms with Crippen LogP contribution >= 0.6 is 0 Å². The van der Waals surface area contributed by atoms with Gasteiger partial charge in [0, 0.05) is 17.4 Å². The van der Waals surface area contributed by atoms with Crippen molar-refractivity contribution in [3.05, 3.63) is 54.1 Å². The van der Waals surface area contributed by atoms with Crippen molar-refractivity contribution < 1.29 is 9.53 Å². The van der Waals surface area contributed by atoms with Crippen molar-refractivity contribution in [3.63, 3.8) is 0 Å². The molecule has 2 aromatic carbocycles. The molecule has 4 nitrogen and oxygen atoms in total. The van der Waals surface area contributed by atoms with Gasteiger partial charge in [-0.1, -0.05) is 32.0 Å². The second-order valence-corrected chi connectivity index (χ2v) is 5.86. The number of ether oxygens (including phenoxy) is 1. The number of hydrogen-bond donors (Lipinski definition) is 2. The van der Waals surface area contributed by atoms with Gasteiger partial charge >= 0.3 is 0 Å². The number of carbonyl (C=O) groups excluding carboxylic acids is 1. The van der Waals surface area contributed by atoms with Gasteiger partial charge in [0.2, 0.25) is 5.91 Å². The minimum absolute atomic E-state index is 0.0915. The van der Waals surface area contributed by atoms with Crippen molar-refractivity contribution in [1.82, 2.24) is 0 Å². The van der Waals surface area contributed by atoms with Gasteiger partial charge < -0.3 is 15.4 Å². The second kappa shape index (κ2) is 7.68. The quantitative estimate of drug-likeness (QED) is 0.838. The highest BCUT2D eigenvalue weighted by molar-refractivity contribution is 5.96. The van der Waals surface area contributed by atoms with Crippen LogP contribution in [0.25, 0.3) is 0 Å². The van der Waals surface area contributed by atoms with Crippen LogP contribution in [0.15, 0.2) is 48.5 Å². The average molecular weight is 312 g/mol. The van der Waals surface area contributed by atoms with E-state index in [1.165, 1.54) is 5.56 Å². The normalized spacial score (nSPS) is 11.9. The lowest BCUT2D eigenvalue weighted by molar-refractivity contribution is -0.116. The Balaban J connectivity index is 1.96. The van der Waals surface area contributed by atoms with Gasteiger partial charge in [-0.25, -0.2) is 0 Å². The van der Waals surface area contributed by atoms with Crippen LogP contribution in [0.1, 0.15) is 32.3 Å². The molecule has 0 aliphatic carbocycles. The van der Waals surface area contributed by atoms with E-state index >= 15 is 0 Å². The number of hydrogen-bond acceptors (Lipinski definition) is 3. The fourth-order valence-corrected chi connectivity index (χ4v) is 2.23. The molecule has 0 saturated heterocycles. The first-order chi connectivity index (χ1) is 11.0. The fourth-order valence-electron chi connectivity index (χ4n) is 2.23. The Morgan fingerprint density at radius 3 is 2.30 bits per heavy atom. The number of nitrogens with one attached hydrogen (secondary N) is 2. The summed E-state index contributed by atoms with van der Waals surface area (Å²) < 4.78 is 5.16. The van der Waals surface area contributed by atoms with Gasteiger partial charge in [0.15, 0.2) is 0 Å². The zero-order valence-electron chi connectivity index (χ0n) is 14.1. The predicted octanol–water partition coefficient (Wildman–Crippen LogP) is 4.26. The predicted molar refractivity (Wildman–Crippen MR) is 95.2 cm³/mol. The van der Waals surface area contributed by atoms with E-state index in [4.69, 9.17) is 4.74 Å². The van der Waals surface area contributed by atoms with Crippen LogP contribution in [0.3, 0.4) is 0 Å². The maximum atomic E-state index is 12.3. The highest BCUT2D eigenvalue weighted by atomic mass is 16.5. The monoisotopic (exact) mass is 312 g/mol. The zero-order chi connectivity index (χ0) is 16.8. The first-order valence-corrected chi connectivity index (χ1v) is 7.81. The van der Waals surface area contributed by atoms with Crippen molar-refractivity contribution in [2.24, 2.45) is 0 Å². The summed E-state index contributed by atoms with van der Waals surface area (Å²) in [6.07, 6.45) is 0. The number of rotatable bonds is 6. The summed E-state index contributed by atoms with van der Waals surface area (Å²) in [4.78, 5) is 12.3. The van der Waals surface area contributed by atoms with Gasteiger partial charge in [0.05, 0.1) is 7.11 Å². The molecule has 23 heavy (non-hydrogen) atoms. The van der Waals surface area contributed by atoms with E-state index in [0.29, 0.717) is 11.7 Å². The number of methoxy groups -OCH3 is 1. The summed E-state index contributed by atoms with van der Waals surface area (Å²) in [5.41, 5.74) is 2.94. The molecule has 4 heteroatoms. The minimum atomic E-state index is -0.342. The van der Waals surface area contributed by atoms with E-state index in [2.05, 4.69) is 36.6 Å². The molecule has 122 valence electrons. The second-order valence-electron chi connectivity index (χ2n) is 5.86. The molecule has 2 aromatic rings. The molecule has 2 rings (SSSR count). The third kappa shape index (κ3) is 4.74. The smallest absolute Gasteiger partial charge is 0.246 e. The topological polar surface area (TPSA) is 50.4 Å². The average Bonchev–Trinajstić information content (AvgIpc) is 2.55. The Labute approximate surface area is 137 Å². The Kier molecular flexibility index (Phi) is 5.63. The number of carbonyl (C=O) groups is 1. The molecule has 0 saturated carbocycles. The molecule has 0 bridgehead atoms. The van der Waals surface area contributed by atoms with Crippen molar-refractivity contribution >= 4 is 17.3 Å². The molecule has 0 spiro atoms. The summed E-state index contributed by atoms with van der Waals surface area (Å²) in [5.74, 6) is 1.12. The Bertz CT molecular complexity index is 651. The van der Waals surface area contributed by atoms with E-state index in [1.54, 1.807) is 13.2 Å². The Hall–Kier alpha value is -2.49. The molecule has 0 unspecified atom stereocenters. The largest absolute Gasteiger partial charge is 0.497 e. The third-order valence-corrected chi connectivity index (χ3v) is 3.69. The van der Waals surface area contributed by atoms with E-state index in [1.807, 2.05) is 37.3 Å². The number of amides is 1. The van der Waals surface area contributed by atoms with Crippen molar-refractivity contribution in [2.45, 2.75) is 32.7 Å². The van der Waals surface area contributed by atoms with Crippen LogP contribution in [0.4, 0.5) is 11.4 Å². The maximum absolute atomic E-state index is 12.3. The van der Waals surface area contributed by atoms with Gasteiger partial charge in [0.25, 0.3) is 0 Å². The molecule has 2 N–H and O–H groups in total. The van der Waals surface area contributed by atoms with Crippen molar-refractivity contribution in [2.75, 3.05) is 17.7 Å². The molecule has 0 aromatic heterocycles. The molecular formula is C19H24N2O2. The summed E-state index contributed by atoms with van der Waals surface area (Å²) in [5, 5.41) is 6.10.